The normalized spacial score (nSPS) is 16.3. The van der Waals surface area contributed by atoms with Crippen LogP contribution in [-0.4, -0.2) is 72.5 Å². The number of carbonyl (C=O) groups is 2. The smallest absolute Gasteiger partial charge is 0.331 e. The first kappa shape index (κ1) is 24.7. The zero-order chi connectivity index (χ0) is 24.0. The van der Waals surface area contributed by atoms with Crippen LogP contribution in [0.5, 0.6) is 0 Å². The highest BCUT2D eigenvalue weighted by molar-refractivity contribution is 5.95. The van der Waals surface area contributed by atoms with E-state index in [4.69, 9.17) is 0 Å². The first-order valence-corrected chi connectivity index (χ1v) is 10.9. The number of alkyl halides is 3. The maximum atomic E-state index is 13.3. The van der Waals surface area contributed by atoms with Crippen molar-refractivity contribution in [3.8, 4) is 0 Å². The Kier molecular flexibility index (Phi) is 8.10. The van der Waals surface area contributed by atoms with Gasteiger partial charge in [-0.15, -0.1) is 0 Å². The standard InChI is InChI=1S/C24H29F3N4O2/c1-3-30(23(33)24(25,26)27)17-18-8-7-11-20(16-18)28-22(32)21(19-9-5-4-6-10-19)31-14-12-29(2)13-15-31/h4-11,16,21H,3,12-15,17H2,1-2H3,(H,28,32). The van der Waals surface area contributed by atoms with Gasteiger partial charge in [-0.25, -0.2) is 0 Å². The van der Waals surface area contributed by atoms with Gasteiger partial charge in [0.05, 0.1) is 0 Å². The second-order valence-corrected chi connectivity index (χ2v) is 8.16. The topological polar surface area (TPSA) is 55.9 Å². The lowest BCUT2D eigenvalue weighted by Crippen LogP contribution is -2.48. The van der Waals surface area contributed by atoms with Crippen LogP contribution in [0.1, 0.15) is 24.1 Å². The summed E-state index contributed by atoms with van der Waals surface area (Å²) in [6, 6.07) is 15.6. The Hall–Kier alpha value is -2.91. The Bertz CT molecular complexity index is 944. The molecule has 178 valence electrons. The van der Waals surface area contributed by atoms with Crippen molar-refractivity contribution >= 4 is 17.5 Å². The third kappa shape index (κ3) is 6.55. The SMILES string of the molecule is CCN(Cc1cccc(NC(=O)C(c2ccccc2)N2CCN(C)CC2)c1)C(=O)C(F)(F)F. The van der Waals surface area contributed by atoms with Crippen LogP contribution >= 0.6 is 0 Å². The van der Waals surface area contributed by atoms with Gasteiger partial charge >= 0.3 is 12.1 Å². The molecule has 0 radical (unpaired) electrons. The minimum atomic E-state index is -4.92. The maximum absolute atomic E-state index is 13.3. The number of rotatable bonds is 7. The summed E-state index contributed by atoms with van der Waals surface area (Å²) in [5.74, 6) is -2.08. The monoisotopic (exact) mass is 462 g/mol. The number of carbonyl (C=O) groups excluding carboxylic acids is 2. The van der Waals surface area contributed by atoms with Gasteiger partial charge in [-0.1, -0.05) is 42.5 Å². The van der Waals surface area contributed by atoms with Crippen LogP contribution in [0.2, 0.25) is 0 Å². The molecule has 33 heavy (non-hydrogen) atoms. The van der Waals surface area contributed by atoms with Gasteiger partial charge in [-0.2, -0.15) is 13.2 Å². The molecule has 2 amide bonds. The summed E-state index contributed by atoms with van der Waals surface area (Å²) >= 11 is 0. The molecule has 1 atom stereocenters. The molecule has 0 saturated carbocycles. The summed E-state index contributed by atoms with van der Waals surface area (Å²) in [6.45, 7) is 4.42. The van der Waals surface area contributed by atoms with Crippen LogP contribution < -0.4 is 5.32 Å². The molecular formula is C24H29F3N4O2. The number of amides is 2. The molecule has 1 N–H and O–H groups in total. The first-order valence-electron chi connectivity index (χ1n) is 10.9. The molecule has 1 aliphatic rings. The van der Waals surface area contributed by atoms with Crippen LogP contribution in [-0.2, 0) is 16.1 Å². The average Bonchev–Trinajstić information content (AvgIpc) is 2.79. The molecule has 6 nitrogen and oxygen atoms in total. The molecule has 1 fully saturated rings. The Balaban J connectivity index is 1.77. The van der Waals surface area contributed by atoms with Gasteiger partial charge in [0.2, 0.25) is 5.91 Å². The van der Waals surface area contributed by atoms with Gasteiger partial charge in [-0.3, -0.25) is 14.5 Å². The minimum absolute atomic E-state index is 0.0750. The zero-order valence-corrected chi connectivity index (χ0v) is 18.8. The number of piperazine rings is 1. The fourth-order valence-electron chi connectivity index (χ4n) is 3.93. The quantitative estimate of drug-likeness (QED) is 0.684. The molecule has 3 rings (SSSR count). The summed E-state index contributed by atoms with van der Waals surface area (Å²) < 4.78 is 38.5. The number of hydrogen-bond donors (Lipinski definition) is 1. The van der Waals surface area contributed by atoms with Gasteiger partial charge < -0.3 is 15.1 Å². The number of halogens is 3. The van der Waals surface area contributed by atoms with E-state index in [0.717, 1.165) is 36.6 Å². The van der Waals surface area contributed by atoms with E-state index in [1.54, 1.807) is 24.3 Å². The predicted molar refractivity (Wildman–Crippen MR) is 120 cm³/mol. The van der Waals surface area contributed by atoms with Crippen molar-refractivity contribution in [2.24, 2.45) is 0 Å². The van der Waals surface area contributed by atoms with Crippen molar-refractivity contribution in [2.45, 2.75) is 25.7 Å². The highest BCUT2D eigenvalue weighted by atomic mass is 19.4. The van der Waals surface area contributed by atoms with Gasteiger partial charge in [0.25, 0.3) is 0 Å². The van der Waals surface area contributed by atoms with E-state index >= 15 is 0 Å². The van der Waals surface area contributed by atoms with Crippen LogP contribution in [0.15, 0.2) is 54.6 Å². The molecule has 1 saturated heterocycles. The Labute approximate surface area is 192 Å². The number of benzene rings is 2. The highest BCUT2D eigenvalue weighted by Gasteiger charge is 2.42. The fourth-order valence-corrected chi connectivity index (χ4v) is 3.93. The summed E-state index contributed by atoms with van der Waals surface area (Å²) in [7, 11) is 2.05. The van der Waals surface area contributed by atoms with E-state index in [1.165, 1.54) is 6.92 Å². The van der Waals surface area contributed by atoms with E-state index in [1.807, 2.05) is 37.4 Å². The van der Waals surface area contributed by atoms with Gasteiger partial charge in [0, 0.05) is 45.0 Å². The molecule has 2 aromatic carbocycles. The maximum Gasteiger partial charge on any atom is 0.471 e. The van der Waals surface area contributed by atoms with E-state index in [9.17, 15) is 22.8 Å². The molecule has 1 unspecified atom stereocenters. The first-order chi connectivity index (χ1) is 15.7. The van der Waals surface area contributed by atoms with Gasteiger partial charge in [0.1, 0.15) is 6.04 Å². The van der Waals surface area contributed by atoms with E-state index in [2.05, 4.69) is 15.1 Å². The lowest BCUT2D eigenvalue weighted by Gasteiger charge is -2.37. The number of likely N-dealkylation sites (N-methyl/N-ethyl adjacent to an activating group) is 1. The van der Waals surface area contributed by atoms with Crippen molar-refractivity contribution in [3.05, 3.63) is 65.7 Å². The zero-order valence-electron chi connectivity index (χ0n) is 18.8. The van der Waals surface area contributed by atoms with E-state index in [-0.39, 0.29) is 19.0 Å². The number of hydrogen-bond acceptors (Lipinski definition) is 4. The second kappa shape index (κ2) is 10.8. The van der Waals surface area contributed by atoms with Crippen molar-refractivity contribution < 1.29 is 22.8 Å². The lowest BCUT2D eigenvalue weighted by molar-refractivity contribution is -0.185. The number of nitrogens with one attached hydrogen (secondary N) is 1. The molecule has 9 heteroatoms. The fraction of sp³-hybridized carbons (Fsp3) is 0.417. The lowest BCUT2D eigenvalue weighted by atomic mass is 10.0. The van der Waals surface area contributed by atoms with Crippen molar-refractivity contribution in [2.75, 3.05) is 45.1 Å². The Morgan fingerprint density at radius 2 is 1.70 bits per heavy atom. The molecular weight excluding hydrogens is 433 g/mol. The van der Waals surface area contributed by atoms with E-state index < -0.39 is 18.1 Å². The van der Waals surface area contributed by atoms with Crippen LogP contribution in [0.4, 0.5) is 18.9 Å². The average molecular weight is 463 g/mol. The molecule has 1 aliphatic heterocycles. The van der Waals surface area contributed by atoms with Crippen LogP contribution in [0.3, 0.4) is 0 Å². The summed E-state index contributed by atoms with van der Waals surface area (Å²) in [5, 5.41) is 2.92. The third-order valence-electron chi connectivity index (χ3n) is 5.75. The van der Waals surface area contributed by atoms with Gasteiger partial charge in [-0.05, 0) is 37.2 Å². The molecule has 2 aromatic rings. The predicted octanol–water partition coefficient (Wildman–Crippen LogP) is 3.52. The minimum Gasteiger partial charge on any atom is -0.331 e. The summed E-state index contributed by atoms with van der Waals surface area (Å²) in [5.41, 5.74) is 1.86. The van der Waals surface area contributed by atoms with Crippen molar-refractivity contribution in [3.63, 3.8) is 0 Å². The second-order valence-electron chi connectivity index (χ2n) is 8.16. The molecule has 0 spiro atoms. The highest BCUT2D eigenvalue weighted by Crippen LogP contribution is 2.25. The van der Waals surface area contributed by atoms with Crippen molar-refractivity contribution in [1.29, 1.82) is 0 Å². The summed E-state index contributed by atoms with van der Waals surface area (Å²) in [4.78, 5) is 30.1. The largest absolute Gasteiger partial charge is 0.471 e. The Morgan fingerprint density at radius 1 is 1.03 bits per heavy atom. The van der Waals surface area contributed by atoms with E-state index in [0.29, 0.717) is 11.3 Å². The molecule has 1 heterocycles. The summed E-state index contributed by atoms with van der Waals surface area (Å²) in [6.07, 6.45) is -4.92. The Morgan fingerprint density at radius 3 is 2.30 bits per heavy atom. The molecule has 0 bridgehead atoms. The molecule has 0 aromatic heterocycles. The van der Waals surface area contributed by atoms with Crippen molar-refractivity contribution in [1.82, 2.24) is 14.7 Å². The number of nitrogens with zero attached hydrogens (tertiary/aromatic N) is 3. The van der Waals surface area contributed by atoms with Gasteiger partial charge in [0.15, 0.2) is 0 Å². The number of anilines is 1. The van der Waals surface area contributed by atoms with Crippen LogP contribution in [0.25, 0.3) is 0 Å². The van der Waals surface area contributed by atoms with Crippen LogP contribution in [0, 0.1) is 0 Å². The molecule has 0 aliphatic carbocycles. The third-order valence-corrected chi connectivity index (χ3v) is 5.75.